The van der Waals surface area contributed by atoms with Gasteiger partial charge in [0.2, 0.25) is 5.91 Å². The normalized spacial score (nSPS) is 21.9. The maximum Gasteiger partial charge on any atom is 0.329 e. The molecule has 1 aromatic carbocycles. The van der Waals surface area contributed by atoms with Gasteiger partial charge in [0.15, 0.2) is 11.8 Å². The number of rotatable bonds is 6. The molecular weight excluding hydrogens is 371 g/mol. The maximum absolute atomic E-state index is 14.1. The number of ketones is 1. The number of aromatic nitrogens is 1. The van der Waals surface area contributed by atoms with Crippen LogP contribution in [0.4, 0.5) is 4.39 Å². The van der Waals surface area contributed by atoms with Crippen LogP contribution in [0.15, 0.2) is 24.4 Å². The molecular formula is C19H21FN2O6. The lowest BCUT2D eigenvalue weighted by atomic mass is 10.1. The number of hydrogen-bond acceptors (Lipinski definition) is 5. The van der Waals surface area contributed by atoms with Gasteiger partial charge in [-0.2, -0.15) is 0 Å². The maximum atomic E-state index is 14.1. The molecule has 0 aliphatic carbocycles. The van der Waals surface area contributed by atoms with Crippen molar-refractivity contribution in [1.29, 1.82) is 0 Å². The molecule has 0 saturated carbocycles. The number of benzene rings is 1. The number of hydrogen-bond donors (Lipinski definition) is 1. The SMILES string of the molecule is COc1ccc2c(c1)c(C(C)=O)cn2CC(=O)N1C[C@H](F)[C@@H](OC)[C@H]1C(=O)O. The Hall–Kier alpha value is -2.94. The molecule has 9 heteroatoms. The second kappa shape index (κ2) is 7.59. The summed E-state index contributed by atoms with van der Waals surface area (Å²) in [7, 11) is 2.72. The predicted molar refractivity (Wildman–Crippen MR) is 97.3 cm³/mol. The summed E-state index contributed by atoms with van der Waals surface area (Å²) in [5.74, 6) is -1.52. The number of carbonyl (C=O) groups is 3. The third-order valence-electron chi connectivity index (χ3n) is 4.99. The van der Waals surface area contributed by atoms with Crippen molar-refractivity contribution in [2.45, 2.75) is 31.8 Å². The van der Waals surface area contributed by atoms with Gasteiger partial charge in [0.1, 0.15) is 24.6 Å². The van der Waals surface area contributed by atoms with Gasteiger partial charge in [0.25, 0.3) is 0 Å². The number of amides is 1. The van der Waals surface area contributed by atoms with Gasteiger partial charge in [-0.3, -0.25) is 9.59 Å². The van der Waals surface area contributed by atoms with E-state index in [0.29, 0.717) is 22.2 Å². The zero-order valence-corrected chi connectivity index (χ0v) is 15.7. The molecule has 0 radical (unpaired) electrons. The molecule has 28 heavy (non-hydrogen) atoms. The predicted octanol–water partition coefficient (Wildman–Crippen LogP) is 1.50. The molecule has 3 atom stereocenters. The number of alkyl halides is 1. The molecule has 1 aromatic heterocycles. The molecule has 3 rings (SSSR count). The third kappa shape index (κ3) is 3.33. The van der Waals surface area contributed by atoms with Crippen LogP contribution in [0.2, 0.25) is 0 Å². The minimum atomic E-state index is -1.59. The first-order chi connectivity index (χ1) is 13.3. The first kappa shape index (κ1) is 19.8. The molecule has 0 unspecified atom stereocenters. The number of ether oxygens (including phenoxy) is 2. The Labute approximate surface area is 160 Å². The van der Waals surface area contributed by atoms with Gasteiger partial charge >= 0.3 is 5.97 Å². The van der Waals surface area contributed by atoms with Crippen molar-refractivity contribution in [3.05, 3.63) is 30.0 Å². The number of halogens is 1. The number of carbonyl (C=O) groups excluding carboxylic acids is 2. The Balaban J connectivity index is 1.95. The van der Waals surface area contributed by atoms with E-state index in [1.807, 2.05) is 0 Å². The summed E-state index contributed by atoms with van der Waals surface area (Å²) in [5, 5.41) is 10.0. The number of fused-ring (bicyclic) bond motifs is 1. The van der Waals surface area contributed by atoms with E-state index in [1.54, 1.807) is 22.8 Å². The molecule has 1 fully saturated rings. The molecule has 1 aliphatic rings. The minimum absolute atomic E-state index is 0.183. The summed E-state index contributed by atoms with van der Waals surface area (Å²) in [6.45, 7) is 0.822. The Morgan fingerprint density at radius 1 is 1.29 bits per heavy atom. The van der Waals surface area contributed by atoms with Crippen molar-refractivity contribution < 1.29 is 33.4 Å². The van der Waals surface area contributed by atoms with Crippen LogP contribution in [-0.4, -0.2) is 71.3 Å². The number of carboxylic acid groups (broad SMARTS) is 1. The lowest BCUT2D eigenvalue weighted by Crippen LogP contribution is -2.46. The highest BCUT2D eigenvalue weighted by Gasteiger charge is 2.48. The van der Waals surface area contributed by atoms with E-state index in [0.717, 1.165) is 4.90 Å². The molecule has 0 spiro atoms. The Kier molecular flexibility index (Phi) is 5.37. The van der Waals surface area contributed by atoms with Crippen LogP contribution >= 0.6 is 0 Å². The zero-order chi connectivity index (χ0) is 20.6. The van der Waals surface area contributed by atoms with Crippen molar-refractivity contribution in [3.63, 3.8) is 0 Å². The topological polar surface area (TPSA) is 98.1 Å². The largest absolute Gasteiger partial charge is 0.497 e. The van der Waals surface area contributed by atoms with Gasteiger partial charge < -0.3 is 24.0 Å². The van der Waals surface area contributed by atoms with E-state index >= 15 is 0 Å². The number of aliphatic carboxylic acids is 1. The summed E-state index contributed by atoms with van der Waals surface area (Å²) >= 11 is 0. The fourth-order valence-electron chi connectivity index (χ4n) is 3.64. The van der Waals surface area contributed by atoms with E-state index in [4.69, 9.17) is 9.47 Å². The van der Waals surface area contributed by atoms with Gasteiger partial charge in [-0.15, -0.1) is 0 Å². The van der Waals surface area contributed by atoms with Crippen LogP contribution < -0.4 is 4.74 Å². The Bertz CT molecular complexity index is 940. The quantitative estimate of drug-likeness (QED) is 0.749. The van der Waals surface area contributed by atoms with Crippen molar-refractivity contribution in [2.75, 3.05) is 20.8 Å². The van der Waals surface area contributed by atoms with E-state index in [9.17, 15) is 23.9 Å². The third-order valence-corrected chi connectivity index (χ3v) is 4.99. The number of methoxy groups -OCH3 is 2. The number of nitrogens with zero attached hydrogens (tertiary/aromatic N) is 2. The summed E-state index contributed by atoms with van der Waals surface area (Å²) in [4.78, 5) is 37.3. The average Bonchev–Trinajstić information content (AvgIpc) is 3.19. The second-order valence-electron chi connectivity index (χ2n) is 6.66. The summed E-state index contributed by atoms with van der Waals surface area (Å²) < 4.78 is 25.8. The fraction of sp³-hybridized carbons (Fsp3) is 0.421. The van der Waals surface area contributed by atoms with Crippen LogP contribution in [0.1, 0.15) is 17.3 Å². The van der Waals surface area contributed by atoms with Crippen molar-refractivity contribution in [2.24, 2.45) is 0 Å². The van der Waals surface area contributed by atoms with Crippen LogP contribution in [0.25, 0.3) is 10.9 Å². The van der Waals surface area contributed by atoms with Gasteiger partial charge in [-0.25, -0.2) is 9.18 Å². The van der Waals surface area contributed by atoms with Crippen LogP contribution in [0.5, 0.6) is 5.75 Å². The van der Waals surface area contributed by atoms with E-state index in [1.165, 1.54) is 27.3 Å². The molecule has 1 aliphatic heterocycles. The van der Waals surface area contributed by atoms with E-state index in [2.05, 4.69) is 0 Å². The lowest BCUT2D eigenvalue weighted by molar-refractivity contribution is -0.152. The first-order valence-electron chi connectivity index (χ1n) is 8.65. The Morgan fingerprint density at radius 3 is 2.57 bits per heavy atom. The lowest BCUT2D eigenvalue weighted by Gasteiger charge is -2.23. The van der Waals surface area contributed by atoms with Crippen LogP contribution in [-0.2, 0) is 20.9 Å². The smallest absolute Gasteiger partial charge is 0.329 e. The Morgan fingerprint density at radius 2 is 2.00 bits per heavy atom. The van der Waals surface area contributed by atoms with Crippen LogP contribution in [0.3, 0.4) is 0 Å². The van der Waals surface area contributed by atoms with E-state index in [-0.39, 0.29) is 18.9 Å². The van der Waals surface area contributed by atoms with E-state index < -0.39 is 30.2 Å². The second-order valence-corrected chi connectivity index (χ2v) is 6.66. The van der Waals surface area contributed by atoms with Crippen molar-refractivity contribution in [1.82, 2.24) is 9.47 Å². The standard InChI is InChI=1S/C19H21FN2O6/c1-10(23)13-7-21(15-5-4-11(27-2)6-12(13)15)9-16(24)22-8-14(20)18(28-3)17(22)19(25)26/h4-7,14,17-18H,8-9H2,1-3H3,(H,25,26)/t14-,17-,18+/m0/s1. The molecule has 1 N–H and O–H groups in total. The molecule has 150 valence electrons. The molecule has 0 bridgehead atoms. The minimum Gasteiger partial charge on any atom is -0.497 e. The average molecular weight is 392 g/mol. The highest BCUT2D eigenvalue weighted by atomic mass is 19.1. The monoisotopic (exact) mass is 392 g/mol. The summed E-state index contributed by atoms with van der Waals surface area (Å²) in [6.07, 6.45) is -1.27. The molecule has 8 nitrogen and oxygen atoms in total. The highest BCUT2D eigenvalue weighted by Crippen LogP contribution is 2.28. The van der Waals surface area contributed by atoms with Gasteiger partial charge in [-0.05, 0) is 25.1 Å². The summed E-state index contributed by atoms with van der Waals surface area (Å²) in [6, 6.07) is 3.70. The summed E-state index contributed by atoms with van der Waals surface area (Å²) in [5.41, 5.74) is 1.03. The number of carboxylic acids is 1. The van der Waals surface area contributed by atoms with Crippen molar-refractivity contribution in [3.8, 4) is 5.75 Å². The fourth-order valence-corrected chi connectivity index (χ4v) is 3.64. The van der Waals surface area contributed by atoms with Gasteiger partial charge in [0, 0.05) is 29.8 Å². The number of likely N-dealkylation sites (tertiary alicyclic amines) is 1. The first-order valence-corrected chi connectivity index (χ1v) is 8.65. The number of Topliss-reactive ketones (excluding diaryl/α,β-unsaturated/α-hetero) is 1. The molecule has 2 aromatic rings. The molecule has 2 heterocycles. The highest BCUT2D eigenvalue weighted by molar-refractivity contribution is 6.07. The van der Waals surface area contributed by atoms with Crippen LogP contribution in [0, 0.1) is 0 Å². The molecule has 1 saturated heterocycles. The van der Waals surface area contributed by atoms with Crippen molar-refractivity contribution >= 4 is 28.6 Å². The molecule has 1 amide bonds. The zero-order valence-electron chi connectivity index (χ0n) is 15.7. The van der Waals surface area contributed by atoms with Gasteiger partial charge in [0.05, 0.1) is 13.7 Å². The van der Waals surface area contributed by atoms with Gasteiger partial charge in [-0.1, -0.05) is 0 Å².